The maximum atomic E-state index is 11.9. The van der Waals surface area contributed by atoms with Crippen molar-refractivity contribution in [1.29, 1.82) is 0 Å². The molecule has 7 N–H and O–H groups in total. The standard InChI is InChI=1S/C21H25N9O2/c1-13(16(8-23)9-25-14(2)24)3-4-15(7-22)20-28-21(32-29-20)17-10-26-30(11-17)12-19(31)27-18-5-6-18/h3-4,7-11,18H,1-2,5-6,12,22-24H2,(H,27,31)/b4-3-,15-7+,16-8+,25-9?. The van der Waals surface area contributed by atoms with E-state index in [0.717, 1.165) is 12.8 Å². The molecule has 0 unspecified atom stereocenters. The van der Waals surface area contributed by atoms with E-state index < -0.39 is 0 Å². The first-order chi connectivity index (χ1) is 15.4. The van der Waals surface area contributed by atoms with Crippen molar-refractivity contribution < 1.29 is 9.32 Å². The molecule has 11 nitrogen and oxygen atoms in total. The van der Waals surface area contributed by atoms with E-state index in [4.69, 9.17) is 21.7 Å². The average Bonchev–Trinajstić information content (AvgIpc) is 3.23. The third-order valence-electron chi connectivity index (χ3n) is 4.38. The summed E-state index contributed by atoms with van der Waals surface area (Å²) in [6, 6.07) is 0.297. The summed E-state index contributed by atoms with van der Waals surface area (Å²) >= 11 is 0. The molecule has 0 aliphatic heterocycles. The summed E-state index contributed by atoms with van der Waals surface area (Å²) in [5.41, 5.74) is 19.0. The number of carbonyl (C=O) groups excluding carboxylic acids is 1. The monoisotopic (exact) mass is 435 g/mol. The number of nitrogens with two attached hydrogens (primary N) is 3. The number of aliphatic imine (C=N–C) groups is 1. The SMILES string of the molecule is C=C(N)N=C/C(=C\N)C(=C)/C=C\C(=C/N)c1noc(-c2cnn(CC(=O)NC3CC3)c2)n1. The topological polar surface area (TPSA) is 176 Å². The molecular weight excluding hydrogens is 410 g/mol. The summed E-state index contributed by atoms with van der Waals surface area (Å²) in [5, 5.41) is 11.0. The lowest BCUT2D eigenvalue weighted by atomic mass is 10.1. The van der Waals surface area contributed by atoms with Crippen LogP contribution in [0.15, 0.2) is 76.6 Å². The number of hydrogen-bond donors (Lipinski definition) is 4. The van der Waals surface area contributed by atoms with Gasteiger partial charge in [-0.15, -0.1) is 0 Å². The van der Waals surface area contributed by atoms with Gasteiger partial charge in [-0.2, -0.15) is 10.1 Å². The second kappa shape index (κ2) is 10.1. The van der Waals surface area contributed by atoms with Crippen LogP contribution in [-0.4, -0.2) is 38.1 Å². The molecule has 1 aliphatic carbocycles. The van der Waals surface area contributed by atoms with Gasteiger partial charge in [0.15, 0.2) is 0 Å². The van der Waals surface area contributed by atoms with Crippen molar-refractivity contribution in [1.82, 2.24) is 25.2 Å². The molecule has 1 amide bonds. The number of nitrogens with zero attached hydrogens (tertiary/aromatic N) is 5. The molecule has 3 rings (SSSR count). The van der Waals surface area contributed by atoms with Crippen LogP contribution in [0.25, 0.3) is 17.0 Å². The Morgan fingerprint density at radius 1 is 1.31 bits per heavy atom. The van der Waals surface area contributed by atoms with Gasteiger partial charge in [-0.1, -0.05) is 24.4 Å². The second-order valence-electron chi connectivity index (χ2n) is 7.04. The summed E-state index contributed by atoms with van der Waals surface area (Å²) in [4.78, 5) is 20.2. The first-order valence-corrected chi connectivity index (χ1v) is 9.75. The van der Waals surface area contributed by atoms with E-state index >= 15 is 0 Å². The smallest absolute Gasteiger partial charge is 0.261 e. The van der Waals surface area contributed by atoms with Crippen molar-refractivity contribution >= 4 is 17.7 Å². The zero-order valence-electron chi connectivity index (χ0n) is 17.4. The molecule has 0 atom stereocenters. The maximum absolute atomic E-state index is 11.9. The number of carbonyl (C=O) groups is 1. The fourth-order valence-corrected chi connectivity index (χ4v) is 2.54. The Labute approximate surface area is 184 Å². The van der Waals surface area contributed by atoms with Crippen LogP contribution in [0.4, 0.5) is 0 Å². The molecule has 1 fully saturated rings. The fourth-order valence-electron chi connectivity index (χ4n) is 2.54. The molecule has 32 heavy (non-hydrogen) atoms. The lowest BCUT2D eigenvalue weighted by Gasteiger charge is -2.02. The van der Waals surface area contributed by atoms with Gasteiger partial charge < -0.3 is 27.0 Å². The number of amides is 1. The number of allylic oxidation sites excluding steroid dienone is 5. The van der Waals surface area contributed by atoms with E-state index in [2.05, 4.69) is 38.7 Å². The van der Waals surface area contributed by atoms with E-state index in [1.807, 2.05) is 0 Å². The second-order valence-corrected chi connectivity index (χ2v) is 7.04. The quantitative estimate of drug-likeness (QED) is 0.315. The first kappa shape index (κ1) is 22.3. The number of aromatic nitrogens is 4. The molecule has 0 bridgehead atoms. The highest BCUT2D eigenvalue weighted by molar-refractivity contribution is 5.86. The predicted molar refractivity (Wildman–Crippen MR) is 121 cm³/mol. The van der Waals surface area contributed by atoms with Crippen molar-refractivity contribution in [2.75, 3.05) is 0 Å². The minimum atomic E-state index is -0.0844. The molecule has 2 aromatic rings. The number of rotatable bonds is 10. The third-order valence-corrected chi connectivity index (χ3v) is 4.38. The molecule has 11 heteroatoms. The van der Waals surface area contributed by atoms with Crippen LogP contribution < -0.4 is 22.5 Å². The van der Waals surface area contributed by atoms with Crippen LogP contribution in [0.2, 0.25) is 0 Å². The van der Waals surface area contributed by atoms with Crippen LogP contribution in [0, 0.1) is 0 Å². The Hall–Kier alpha value is -4.41. The number of nitrogens with one attached hydrogen (secondary N) is 1. The molecule has 166 valence electrons. The zero-order chi connectivity index (χ0) is 23.1. The van der Waals surface area contributed by atoms with Gasteiger partial charge in [-0.25, -0.2) is 4.99 Å². The molecule has 0 spiro atoms. The van der Waals surface area contributed by atoms with Crippen LogP contribution in [0.3, 0.4) is 0 Å². The summed E-state index contributed by atoms with van der Waals surface area (Å²) in [6.45, 7) is 7.54. The molecule has 1 saturated carbocycles. The fraction of sp³-hybridized carbons (Fsp3) is 0.190. The van der Waals surface area contributed by atoms with Crippen molar-refractivity contribution in [3.63, 3.8) is 0 Å². The van der Waals surface area contributed by atoms with Crippen molar-refractivity contribution in [3.8, 4) is 11.5 Å². The van der Waals surface area contributed by atoms with Gasteiger partial charge in [-0.05, 0) is 24.5 Å². The van der Waals surface area contributed by atoms with Crippen molar-refractivity contribution in [2.45, 2.75) is 25.4 Å². The van der Waals surface area contributed by atoms with Gasteiger partial charge in [0, 0.05) is 42.0 Å². The van der Waals surface area contributed by atoms with Gasteiger partial charge >= 0.3 is 0 Å². The maximum Gasteiger partial charge on any atom is 0.261 e. The molecular formula is C21H25N9O2. The van der Waals surface area contributed by atoms with Gasteiger partial charge in [0.2, 0.25) is 11.7 Å². The average molecular weight is 435 g/mol. The Kier molecular flexibility index (Phi) is 7.01. The van der Waals surface area contributed by atoms with Crippen molar-refractivity contribution in [2.24, 2.45) is 22.2 Å². The third kappa shape index (κ3) is 6.05. The van der Waals surface area contributed by atoms with Gasteiger partial charge in [0.25, 0.3) is 5.89 Å². The van der Waals surface area contributed by atoms with E-state index in [1.54, 1.807) is 24.5 Å². The summed E-state index contributed by atoms with van der Waals surface area (Å²) in [6.07, 6.45) is 12.7. The molecule has 0 radical (unpaired) electrons. The lowest BCUT2D eigenvalue weighted by molar-refractivity contribution is -0.122. The molecule has 1 aliphatic rings. The highest BCUT2D eigenvalue weighted by atomic mass is 16.5. The largest absolute Gasteiger partial charge is 0.404 e. The normalized spacial score (nSPS) is 14.9. The highest BCUT2D eigenvalue weighted by Crippen LogP contribution is 2.21. The zero-order valence-corrected chi connectivity index (χ0v) is 17.4. The minimum absolute atomic E-state index is 0.0844. The van der Waals surface area contributed by atoms with Crippen LogP contribution in [0.1, 0.15) is 18.7 Å². The van der Waals surface area contributed by atoms with Gasteiger partial charge in [0.05, 0.1) is 11.8 Å². The van der Waals surface area contributed by atoms with E-state index in [0.29, 0.717) is 28.3 Å². The van der Waals surface area contributed by atoms with E-state index in [1.165, 1.54) is 23.3 Å². The molecule has 2 aromatic heterocycles. The Morgan fingerprint density at radius 2 is 2.09 bits per heavy atom. The molecule has 0 aromatic carbocycles. The molecule has 0 saturated heterocycles. The first-order valence-electron chi connectivity index (χ1n) is 9.75. The van der Waals surface area contributed by atoms with Gasteiger partial charge in [-0.3, -0.25) is 9.48 Å². The van der Waals surface area contributed by atoms with Crippen LogP contribution in [0.5, 0.6) is 0 Å². The van der Waals surface area contributed by atoms with Crippen LogP contribution in [-0.2, 0) is 11.3 Å². The Morgan fingerprint density at radius 3 is 2.75 bits per heavy atom. The predicted octanol–water partition coefficient (Wildman–Crippen LogP) is 0.967. The van der Waals surface area contributed by atoms with Crippen molar-refractivity contribution in [3.05, 3.63) is 72.9 Å². The summed E-state index contributed by atoms with van der Waals surface area (Å²) in [5.74, 6) is 0.582. The lowest BCUT2D eigenvalue weighted by Crippen LogP contribution is -2.29. The van der Waals surface area contributed by atoms with E-state index in [9.17, 15) is 4.79 Å². The molecule has 2 heterocycles. The minimum Gasteiger partial charge on any atom is -0.404 e. The van der Waals surface area contributed by atoms with Crippen LogP contribution >= 0.6 is 0 Å². The summed E-state index contributed by atoms with van der Waals surface area (Å²) < 4.78 is 6.84. The summed E-state index contributed by atoms with van der Waals surface area (Å²) in [7, 11) is 0. The van der Waals surface area contributed by atoms with E-state index in [-0.39, 0.29) is 30.0 Å². The highest BCUT2D eigenvalue weighted by Gasteiger charge is 2.23. The van der Waals surface area contributed by atoms with Gasteiger partial charge in [0.1, 0.15) is 12.4 Å². The number of hydrogen-bond acceptors (Lipinski definition) is 9. The Balaban J connectivity index is 1.66. The Bertz CT molecular complexity index is 1130.